The number of pyridine rings is 1. The lowest BCUT2D eigenvalue weighted by atomic mass is 10.00. The fourth-order valence-corrected chi connectivity index (χ4v) is 15.1. The summed E-state index contributed by atoms with van der Waals surface area (Å²) in [7, 11) is 1.53. The van der Waals surface area contributed by atoms with E-state index in [1.807, 2.05) is 12.3 Å². The van der Waals surface area contributed by atoms with Crippen molar-refractivity contribution in [1.82, 2.24) is 55.7 Å². The summed E-state index contributed by atoms with van der Waals surface area (Å²) in [6, 6.07) is 14.6. The molecule has 8 N–H and O–H groups in total. The Morgan fingerprint density at radius 1 is 0.682 bits per heavy atom. The molecule has 1 fully saturated rings. The zero-order valence-electron chi connectivity index (χ0n) is 45.2. The van der Waals surface area contributed by atoms with Crippen LogP contribution in [-0.4, -0.2) is 112 Å². The van der Waals surface area contributed by atoms with E-state index in [0.29, 0.717) is 70.1 Å². The molecule has 23 nitrogen and oxygen atoms in total. The van der Waals surface area contributed by atoms with Crippen molar-refractivity contribution in [2.24, 2.45) is 17.4 Å². The van der Waals surface area contributed by atoms with E-state index in [9.17, 15) is 33.9 Å². The molecule has 1 saturated heterocycles. The van der Waals surface area contributed by atoms with Crippen LogP contribution in [0.25, 0.3) is 43.4 Å². The van der Waals surface area contributed by atoms with Crippen LogP contribution in [0.3, 0.4) is 0 Å². The number of aromatic nitrogens is 7. The van der Waals surface area contributed by atoms with Crippen molar-refractivity contribution in [2.75, 3.05) is 13.7 Å². The molecule has 29 heteroatoms. The smallest absolute Gasteiger partial charge is 0.302 e. The number of hydrogen-bond donors (Lipinski definition) is 6. The first-order valence-electron chi connectivity index (χ1n) is 26.0. The normalized spacial score (nSPS) is 19.5. The number of ether oxygens (including phenoxy) is 2. The number of methoxy groups -OCH3 is 1. The highest BCUT2D eigenvalue weighted by Crippen LogP contribution is 2.44. The van der Waals surface area contributed by atoms with E-state index in [1.165, 1.54) is 64.2 Å². The van der Waals surface area contributed by atoms with E-state index in [-0.39, 0.29) is 45.8 Å². The lowest BCUT2D eigenvalue weighted by molar-refractivity contribution is -0.148. The Hall–Kier alpha value is -8.58. The molecule has 2 aliphatic heterocycles. The molecule has 9 heterocycles. The van der Waals surface area contributed by atoms with Crippen LogP contribution in [0.2, 0.25) is 0 Å². The molecular weight excluding hydrogens is 1210 g/mol. The molecule has 9 aromatic rings. The van der Waals surface area contributed by atoms with Crippen LogP contribution in [0.15, 0.2) is 93.6 Å². The van der Waals surface area contributed by atoms with Crippen molar-refractivity contribution in [3.05, 3.63) is 147 Å². The maximum atomic E-state index is 15.4. The van der Waals surface area contributed by atoms with Gasteiger partial charge in [0.1, 0.15) is 99.9 Å². The minimum absolute atomic E-state index is 0.00511. The van der Waals surface area contributed by atoms with E-state index in [2.05, 4.69) is 30.9 Å². The first kappa shape index (κ1) is 58.2. The zero-order chi connectivity index (χ0) is 59.8. The van der Waals surface area contributed by atoms with Crippen molar-refractivity contribution < 1.29 is 48.1 Å². The summed E-state index contributed by atoms with van der Waals surface area (Å²) in [5.41, 5.74) is 14.3. The fourth-order valence-electron chi connectivity index (χ4n) is 9.78. The Labute approximate surface area is 507 Å². The summed E-state index contributed by atoms with van der Waals surface area (Å²) in [5, 5.41) is 30.8. The number of carbonyl (C=O) groups is 7. The van der Waals surface area contributed by atoms with Crippen LogP contribution in [0.5, 0.6) is 5.75 Å². The number of nitrogens with one attached hydrogen (secondary N) is 3. The number of aliphatic hydroxyl groups is 1. The van der Waals surface area contributed by atoms with Gasteiger partial charge in [0.25, 0.3) is 23.6 Å². The third-order valence-corrected chi connectivity index (χ3v) is 19.5. The highest BCUT2D eigenvalue weighted by atomic mass is 32.1. The number of nitrogens with zero attached hydrogens (tertiary/aromatic N) is 8. The number of thiazole rings is 6. The van der Waals surface area contributed by atoms with Crippen molar-refractivity contribution in [3.63, 3.8) is 0 Å². The molecule has 11 rings (SSSR count). The topological polar surface area (TPSA) is 340 Å². The molecule has 0 spiro atoms. The molecule has 0 radical (unpaired) electrons. The summed E-state index contributed by atoms with van der Waals surface area (Å²) in [6.45, 7) is 4.76. The largest absolute Gasteiger partial charge is 0.497 e. The maximum Gasteiger partial charge on any atom is 0.302 e. The summed E-state index contributed by atoms with van der Waals surface area (Å²) in [4.78, 5) is 132. The van der Waals surface area contributed by atoms with Crippen molar-refractivity contribution >= 4 is 109 Å². The molecule has 85 heavy (non-hydrogen) atoms. The van der Waals surface area contributed by atoms with E-state index in [4.69, 9.17) is 40.9 Å². The van der Waals surface area contributed by atoms with Gasteiger partial charge in [0.05, 0.1) is 37.9 Å². The standard InChI is InChI=1S/C56H49N13O10S6/c1-24-39(79-26(3)70)18-69-44(24)55-66-38(23-84-55)52-62-34(19-81-52)42-30(14-15-31(59-42)51-63-35(20-82-51)46(58)73)50-64-36(21-80-50)47(74)60-32(17-40(57)71)53-68-41(25(2)85-53)49(76)67-43(45(72)28-8-6-5-7-9-28)54-65-37(22-83-54)48(75)61-33(56(69)77)16-27-10-12-29(78-4)13-11-27/h5-15,19-24,32-33,39,43-45,72H,16-18H2,1-4H3,(H2,57,71)(H2,58,73)(H,60,74)(H,61,75)(H,67,76)/t24-,32-,33-,39-,43-,44-,45+/m0/s1. The lowest BCUT2D eigenvalue weighted by Crippen LogP contribution is -2.50. The number of primary amides is 2. The Bertz CT molecular complexity index is 4040. The molecule has 0 aliphatic carbocycles. The predicted octanol–water partition coefficient (Wildman–Crippen LogP) is 7.26. The molecule has 6 amide bonds. The number of amides is 6. The highest BCUT2D eigenvalue weighted by molar-refractivity contribution is 7.15. The number of aliphatic hydroxyl groups excluding tert-OH is 1. The monoisotopic (exact) mass is 1260 g/mol. The summed E-state index contributed by atoms with van der Waals surface area (Å²) in [5.74, 6) is -4.61. The van der Waals surface area contributed by atoms with Gasteiger partial charge in [-0.25, -0.2) is 34.9 Å². The lowest BCUT2D eigenvalue weighted by Gasteiger charge is -2.29. The Kier molecular flexibility index (Phi) is 16.8. The van der Waals surface area contributed by atoms with Gasteiger partial charge in [0.15, 0.2) is 0 Å². The summed E-state index contributed by atoms with van der Waals surface area (Å²) >= 11 is 6.90. The van der Waals surface area contributed by atoms with E-state index < -0.39 is 90.1 Å². The van der Waals surface area contributed by atoms with Gasteiger partial charge in [-0.3, -0.25) is 33.6 Å². The van der Waals surface area contributed by atoms with E-state index >= 15 is 4.79 Å². The molecule has 7 aromatic heterocycles. The van der Waals surface area contributed by atoms with Gasteiger partial charge in [0.2, 0.25) is 11.8 Å². The van der Waals surface area contributed by atoms with Crippen molar-refractivity contribution in [2.45, 2.75) is 70.0 Å². The van der Waals surface area contributed by atoms with Gasteiger partial charge in [-0.2, -0.15) is 0 Å². The molecule has 0 unspecified atom stereocenters. The maximum absolute atomic E-state index is 15.4. The van der Waals surface area contributed by atoms with Gasteiger partial charge in [-0.15, -0.1) is 68.0 Å². The van der Waals surface area contributed by atoms with E-state index in [0.717, 1.165) is 34.0 Å². The number of fused-ring (bicyclic) bond motifs is 16. The number of benzene rings is 2. The van der Waals surface area contributed by atoms with Crippen molar-refractivity contribution in [1.29, 1.82) is 0 Å². The van der Waals surface area contributed by atoms with Crippen LogP contribution < -0.4 is 32.2 Å². The van der Waals surface area contributed by atoms with Gasteiger partial charge >= 0.3 is 5.97 Å². The predicted molar refractivity (Wildman–Crippen MR) is 319 cm³/mol. The van der Waals surface area contributed by atoms with Crippen molar-refractivity contribution in [3.8, 4) is 49.1 Å². The fraction of sp³-hybridized carbons (Fsp3) is 0.250. The van der Waals surface area contributed by atoms with E-state index in [1.54, 1.807) is 83.9 Å². The van der Waals surface area contributed by atoms with Gasteiger partial charge in [0, 0.05) is 56.6 Å². The highest BCUT2D eigenvalue weighted by Gasteiger charge is 2.47. The SMILES string of the molecule is COc1ccc(C[C@@H]2NC(=O)c3csc(n3)[C@H]([C@H](O)c3ccccc3)NC(=O)c3nc(sc3C)[C@H](CC(N)=O)NC(=O)c3csc(n3)-c3ccc(-c4nc(C(N)=O)cs4)nc3-c3csc(n3)-c3csc(n3)[C@@H]3[C@@H](C)[C@@H](OC(C)=O)CN3C2=O)cc1. The Balaban J connectivity index is 1.03. The second-order valence-corrected chi connectivity index (χ2v) is 25.3. The summed E-state index contributed by atoms with van der Waals surface area (Å²) in [6.07, 6.45) is -2.56. The number of carbonyl (C=O) groups excluding carboxylic acids is 7. The van der Waals surface area contributed by atoms with Crippen LogP contribution in [0.4, 0.5) is 0 Å². The molecule has 2 aliphatic rings. The van der Waals surface area contributed by atoms with Gasteiger partial charge in [-0.05, 0) is 42.3 Å². The molecule has 434 valence electrons. The first-order chi connectivity index (χ1) is 40.9. The van der Waals surface area contributed by atoms with Crippen LogP contribution >= 0.6 is 68.0 Å². The third-order valence-electron chi connectivity index (χ3n) is 14.0. The minimum atomic E-state index is -1.41. The number of nitrogens with two attached hydrogens (primary N) is 2. The number of aryl methyl sites for hydroxylation is 1. The molecule has 2 aromatic carbocycles. The van der Waals surface area contributed by atoms with Gasteiger partial charge in [-0.1, -0.05) is 49.4 Å². The van der Waals surface area contributed by atoms with Crippen LogP contribution in [-0.2, 0) is 25.5 Å². The Morgan fingerprint density at radius 3 is 2.05 bits per heavy atom. The number of hydrogen-bond acceptors (Lipinski definition) is 23. The first-order valence-corrected chi connectivity index (χ1v) is 31.2. The average Bonchev–Trinajstić information content (AvgIpc) is 2.93. The third kappa shape index (κ3) is 12.4. The second-order valence-electron chi connectivity index (χ2n) is 19.7. The molecule has 0 saturated carbocycles. The zero-order valence-corrected chi connectivity index (χ0v) is 50.1. The quantitative estimate of drug-likeness (QED) is 0.0733. The van der Waals surface area contributed by atoms with Crippen LogP contribution in [0.1, 0.15) is 117 Å². The minimum Gasteiger partial charge on any atom is -0.497 e. The van der Waals surface area contributed by atoms with Crippen LogP contribution in [0, 0.1) is 12.8 Å². The van der Waals surface area contributed by atoms with Gasteiger partial charge < -0.3 is 46.9 Å². The second kappa shape index (κ2) is 24.6. The summed E-state index contributed by atoms with van der Waals surface area (Å²) < 4.78 is 11.3. The molecule has 10 bridgehead atoms. The molecular formula is C56H49N13O10S6. The molecule has 7 atom stereocenters. The Morgan fingerprint density at radius 2 is 1.33 bits per heavy atom. The number of esters is 1. The number of rotatable bonds is 10. The average molecular weight is 1260 g/mol.